The zero-order chi connectivity index (χ0) is 17.3. The lowest BCUT2D eigenvalue weighted by atomic mass is 10.1. The molecule has 1 heterocycles. The summed E-state index contributed by atoms with van der Waals surface area (Å²) >= 11 is 0. The van der Waals surface area contributed by atoms with E-state index in [-0.39, 0.29) is 28.2 Å². The molecule has 0 bridgehead atoms. The molecule has 3 aromatic rings. The normalized spacial score (nSPS) is 10.6. The first-order valence-electron chi connectivity index (χ1n) is 7.16. The van der Waals surface area contributed by atoms with E-state index in [0.29, 0.717) is 17.1 Å². The second kappa shape index (κ2) is 6.16. The lowest BCUT2D eigenvalue weighted by Crippen LogP contribution is -2.03. The van der Waals surface area contributed by atoms with Crippen molar-refractivity contribution in [2.45, 2.75) is 0 Å². The number of phenolic OH excluding ortho intramolecular Hbond substituents is 1. The van der Waals surface area contributed by atoms with Gasteiger partial charge >= 0.3 is 0 Å². The van der Waals surface area contributed by atoms with Crippen molar-refractivity contribution >= 4 is 11.0 Å². The number of ether oxygens (including phenoxy) is 3. The SMILES string of the molecule is COc1ccccc1-c1cc(=O)c2c(O)cc(OC)c(OC)c2o1. The highest BCUT2D eigenvalue weighted by molar-refractivity contribution is 5.92. The highest BCUT2D eigenvalue weighted by Crippen LogP contribution is 2.41. The van der Waals surface area contributed by atoms with Crippen molar-refractivity contribution in [2.24, 2.45) is 0 Å². The van der Waals surface area contributed by atoms with E-state index in [4.69, 9.17) is 18.6 Å². The largest absolute Gasteiger partial charge is 0.507 e. The number of rotatable bonds is 4. The van der Waals surface area contributed by atoms with Crippen LogP contribution < -0.4 is 19.6 Å². The summed E-state index contributed by atoms with van der Waals surface area (Å²) in [6.07, 6.45) is 0. The van der Waals surface area contributed by atoms with E-state index >= 15 is 0 Å². The number of fused-ring (bicyclic) bond motifs is 1. The van der Waals surface area contributed by atoms with Gasteiger partial charge in [-0.05, 0) is 12.1 Å². The Morgan fingerprint density at radius 3 is 2.33 bits per heavy atom. The van der Waals surface area contributed by atoms with Gasteiger partial charge in [0.15, 0.2) is 16.8 Å². The van der Waals surface area contributed by atoms with Crippen LogP contribution in [0, 0.1) is 0 Å². The van der Waals surface area contributed by atoms with Crippen molar-refractivity contribution in [1.29, 1.82) is 0 Å². The van der Waals surface area contributed by atoms with E-state index in [1.807, 2.05) is 12.1 Å². The predicted molar refractivity (Wildman–Crippen MR) is 89.2 cm³/mol. The van der Waals surface area contributed by atoms with Crippen LogP contribution in [0.4, 0.5) is 0 Å². The van der Waals surface area contributed by atoms with Crippen LogP contribution in [-0.4, -0.2) is 26.4 Å². The fourth-order valence-electron chi connectivity index (χ4n) is 2.60. The molecule has 0 spiro atoms. The van der Waals surface area contributed by atoms with Gasteiger partial charge in [-0.25, -0.2) is 0 Å². The minimum Gasteiger partial charge on any atom is -0.507 e. The van der Waals surface area contributed by atoms with Gasteiger partial charge in [0.05, 0.1) is 26.9 Å². The Hall–Kier alpha value is -3.15. The van der Waals surface area contributed by atoms with Gasteiger partial charge in [-0.2, -0.15) is 0 Å². The molecule has 0 radical (unpaired) electrons. The smallest absolute Gasteiger partial charge is 0.205 e. The molecular formula is C18H16O6. The van der Waals surface area contributed by atoms with Gasteiger partial charge in [0, 0.05) is 12.1 Å². The molecule has 1 N–H and O–H groups in total. The van der Waals surface area contributed by atoms with Gasteiger partial charge in [-0.3, -0.25) is 4.79 Å². The van der Waals surface area contributed by atoms with Crippen LogP contribution >= 0.6 is 0 Å². The molecule has 0 unspecified atom stereocenters. The first-order valence-corrected chi connectivity index (χ1v) is 7.16. The van der Waals surface area contributed by atoms with Crippen LogP contribution in [0.2, 0.25) is 0 Å². The van der Waals surface area contributed by atoms with Crippen LogP contribution in [0.15, 0.2) is 45.6 Å². The molecule has 0 amide bonds. The maximum absolute atomic E-state index is 12.5. The first-order chi connectivity index (χ1) is 11.6. The van der Waals surface area contributed by atoms with Crippen molar-refractivity contribution in [3.05, 3.63) is 46.6 Å². The minimum atomic E-state index is -0.393. The zero-order valence-corrected chi connectivity index (χ0v) is 13.5. The van der Waals surface area contributed by atoms with E-state index in [1.165, 1.54) is 33.5 Å². The number of hydrogen-bond donors (Lipinski definition) is 1. The van der Waals surface area contributed by atoms with Crippen LogP contribution in [0.3, 0.4) is 0 Å². The summed E-state index contributed by atoms with van der Waals surface area (Å²) in [5.41, 5.74) is 0.335. The van der Waals surface area contributed by atoms with Crippen molar-refractivity contribution < 1.29 is 23.7 Å². The van der Waals surface area contributed by atoms with Crippen molar-refractivity contribution in [1.82, 2.24) is 0 Å². The Kier molecular flexibility index (Phi) is 4.04. The molecule has 0 fully saturated rings. The fourth-order valence-corrected chi connectivity index (χ4v) is 2.60. The van der Waals surface area contributed by atoms with Crippen LogP contribution in [0.25, 0.3) is 22.3 Å². The van der Waals surface area contributed by atoms with Crippen LogP contribution in [0.5, 0.6) is 23.0 Å². The molecule has 3 rings (SSSR count). The van der Waals surface area contributed by atoms with Crippen molar-refractivity contribution in [2.75, 3.05) is 21.3 Å². The number of benzene rings is 2. The molecular weight excluding hydrogens is 312 g/mol. The standard InChI is InChI=1S/C18H16O6/c1-21-13-7-5-4-6-10(13)14-8-11(19)16-12(20)9-15(22-2)17(23-3)18(16)24-14/h4-9,20H,1-3H3. The Morgan fingerprint density at radius 1 is 0.958 bits per heavy atom. The lowest BCUT2D eigenvalue weighted by Gasteiger charge is -2.13. The molecule has 6 heteroatoms. The van der Waals surface area contributed by atoms with Gasteiger partial charge in [-0.1, -0.05) is 12.1 Å². The number of phenols is 1. The monoisotopic (exact) mass is 328 g/mol. The fraction of sp³-hybridized carbons (Fsp3) is 0.167. The Balaban J connectivity index is 2.39. The third-order valence-corrected chi connectivity index (χ3v) is 3.70. The molecule has 124 valence electrons. The average molecular weight is 328 g/mol. The second-order valence-corrected chi connectivity index (χ2v) is 5.01. The van der Waals surface area contributed by atoms with E-state index in [2.05, 4.69) is 0 Å². The second-order valence-electron chi connectivity index (χ2n) is 5.01. The van der Waals surface area contributed by atoms with Gasteiger partial charge in [0.2, 0.25) is 5.75 Å². The summed E-state index contributed by atoms with van der Waals surface area (Å²) in [6.45, 7) is 0. The van der Waals surface area contributed by atoms with E-state index in [1.54, 1.807) is 12.1 Å². The molecule has 0 aliphatic rings. The number of methoxy groups -OCH3 is 3. The highest BCUT2D eigenvalue weighted by Gasteiger charge is 2.20. The topological polar surface area (TPSA) is 78.1 Å². The molecule has 0 atom stereocenters. The van der Waals surface area contributed by atoms with Gasteiger partial charge in [0.25, 0.3) is 0 Å². The summed E-state index contributed by atoms with van der Waals surface area (Å²) in [5.74, 6) is 1.13. The Bertz CT molecular complexity index is 958. The van der Waals surface area contributed by atoms with Gasteiger partial charge in [-0.15, -0.1) is 0 Å². The zero-order valence-electron chi connectivity index (χ0n) is 13.5. The summed E-state index contributed by atoms with van der Waals surface area (Å²) in [4.78, 5) is 12.5. The third-order valence-electron chi connectivity index (χ3n) is 3.70. The predicted octanol–water partition coefficient (Wildman–Crippen LogP) is 3.19. The number of aromatic hydroxyl groups is 1. The summed E-state index contributed by atoms with van der Waals surface area (Å²) < 4.78 is 21.7. The third kappa shape index (κ3) is 2.42. The maximum atomic E-state index is 12.5. The molecule has 6 nitrogen and oxygen atoms in total. The molecule has 1 aromatic heterocycles. The first kappa shape index (κ1) is 15.7. The Morgan fingerprint density at radius 2 is 1.67 bits per heavy atom. The van der Waals surface area contributed by atoms with Gasteiger partial charge in [0.1, 0.15) is 22.6 Å². The highest BCUT2D eigenvalue weighted by atomic mass is 16.5. The van der Waals surface area contributed by atoms with Crippen LogP contribution in [-0.2, 0) is 0 Å². The summed E-state index contributed by atoms with van der Waals surface area (Å²) in [6, 6.07) is 9.79. The van der Waals surface area contributed by atoms with E-state index in [0.717, 1.165) is 0 Å². The average Bonchev–Trinajstić information content (AvgIpc) is 2.60. The lowest BCUT2D eigenvalue weighted by molar-refractivity contribution is 0.350. The maximum Gasteiger partial charge on any atom is 0.205 e. The summed E-state index contributed by atoms with van der Waals surface area (Å²) in [7, 11) is 4.41. The van der Waals surface area contributed by atoms with Gasteiger partial charge < -0.3 is 23.7 Å². The van der Waals surface area contributed by atoms with E-state index in [9.17, 15) is 9.90 Å². The van der Waals surface area contributed by atoms with Crippen molar-refractivity contribution in [3.63, 3.8) is 0 Å². The molecule has 0 aliphatic carbocycles. The summed E-state index contributed by atoms with van der Waals surface area (Å²) in [5, 5.41) is 10.2. The van der Waals surface area contributed by atoms with E-state index < -0.39 is 5.43 Å². The molecule has 0 aliphatic heterocycles. The van der Waals surface area contributed by atoms with Crippen molar-refractivity contribution in [3.8, 4) is 34.3 Å². The molecule has 24 heavy (non-hydrogen) atoms. The Labute approximate surface area is 137 Å². The molecule has 2 aromatic carbocycles. The van der Waals surface area contributed by atoms with Crippen LogP contribution in [0.1, 0.15) is 0 Å². The molecule has 0 saturated heterocycles. The number of para-hydroxylation sites is 1. The molecule has 0 saturated carbocycles. The minimum absolute atomic E-state index is 0.0336. The number of hydrogen-bond acceptors (Lipinski definition) is 6. The quantitative estimate of drug-likeness (QED) is 0.792.